The Bertz CT molecular complexity index is 303. The van der Waals surface area contributed by atoms with Gasteiger partial charge in [0.25, 0.3) is 0 Å². The highest BCUT2D eigenvalue weighted by Gasteiger charge is 2.13. The van der Waals surface area contributed by atoms with Crippen LogP contribution >= 0.6 is 28.3 Å². The van der Waals surface area contributed by atoms with Crippen LogP contribution < -0.4 is 10.1 Å². The van der Waals surface area contributed by atoms with Crippen molar-refractivity contribution >= 4 is 28.3 Å². The van der Waals surface area contributed by atoms with Crippen molar-refractivity contribution < 1.29 is 4.74 Å². The molecular formula is C10H15BrClN3O. The number of ether oxygens (including phenoxy) is 1. The first-order chi connectivity index (χ1) is 7.34. The maximum atomic E-state index is 5.53. The summed E-state index contributed by atoms with van der Waals surface area (Å²) in [6.07, 6.45) is 5.75. The first-order valence-corrected chi connectivity index (χ1v) is 5.95. The second-order valence-electron chi connectivity index (χ2n) is 3.69. The van der Waals surface area contributed by atoms with Crippen molar-refractivity contribution in [1.82, 2.24) is 15.3 Å². The SMILES string of the molecule is Brc1cnc(OCC2CCNCC2)nc1.Cl. The molecule has 6 heteroatoms. The summed E-state index contributed by atoms with van der Waals surface area (Å²) >= 11 is 3.28. The lowest BCUT2D eigenvalue weighted by Gasteiger charge is -2.21. The van der Waals surface area contributed by atoms with E-state index < -0.39 is 0 Å². The van der Waals surface area contributed by atoms with Gasteiger partial charge in [0, 0.05) is 12.4 Å². The third kappa shape index (κ3) is 4.23. The van der Waals surface area contributed by atoms with Crippen molar-refractivity contribution in [1.29, 1.82) is 0 Å². The number of halogens is 2. The average Bonchev–Trinajstić information content (AvgIpc) is 2.30. The van der Waals surface area contributed by atoms with Crippen molar-refractivity contribution in [3.8, 4) is 6.01 Å². The Morgan fingerprint density at radius 2 is 1.94 bits per heavy atom. The summed E-state index contributed by atoms with van der Waals surface area (Å²) in [6.45, 7) is 2.91. The van der Waals surface area contributed by atoms with Crippen molar-refractivity contribution in [3.63, 3.8) is 0 Å². The molecule has 90 valence electrons. The smallest absolute Gasteiger partial charge is 0.316 e. The van der Waals surface area contributed by atoms with E-state index in [-0.39, 0.29) is 12.4 Å². The van der Waals surface area contributed by atoms with Gasteiger partial charge in [-0.2, -0.15) is 0 Å². The minimum atomic E-state index is 0. The van der Waals surface area contributed by atoms with Crippen LogP contribution in [-0.4, -0.2) is 29.7 Å². The molecule has 4 nitrogen and oxygen atoms in total. The summed E-state index contributed by atoms with van der Waals surface area (Å²) in [6, 6.07) is 0.469. The molecule has 0 radical (unpaired) electrons. The van der Waals surface area contributed by atoms with Gasteiger partial charge in [0.1, 0.15) is 0 Å². The maximum Gasteiger partial charge on any atom is 0.316 e. The fraction of sp³-hybridized carbons (Fsp3) is 0.600. The van der Waals surface area contributed by atoms with Crippen molar-refractivity contribution in [2.45, 2.75) is 12.8 Å². The lowest BCUT2D eigenvalue weighted by molar-refractivity contribution is 0.202. The van der Waals surface area contributed by atoms with E-state index in [0.717, 1.165) is 24.2 Å². The van der Waals surface area contributed by atoms with Crippen molar-refractivity contribution in [2.24, 2.45) is 5.92 Å². The Labute approximate surface area is 110 Å². The van der Waals surface area contributed by atoms with E-state index in [1.807, 2.05) is 0 Å². The Kier molecular flexibility index (Phi) is 6.01. The largest absolute Gasteiger partial charge is 0.463 e. The van der Waals surface area contributed by atoms with Gasteiger partial charge < -0.3 is 10.1 Å². The fourth-order valence-corrected chi connectivity index (χ4v) is 1.82. The first-order valence-electron chi connectivity index (χ1n) is 5.15. The lowest BCUT2D eigenvalue weighted by atomic mass is 9.99. The van der Waals surface area contributed by atoms with Crippen LogP contribution in [0.2, 0.25) is 0 Å². The van der Waals surface area contributed by atoms with Crippen LogP contribution in [0.1, 0.15) is 12.8 Å². The van der Waals surface area contributed by atoms with Crippen LogP contribution in [0.15, 0.2) is 16.9 Å². The minimum absolute atomic E-state index is 0. The molecule has 1 N–H and O–H groups in total. The number of piperidine rings is 1. The lowest BCUT2D eigenvalue weighted by Crippen LogP contribution is -2.30. The molecule has 0 bridgehead atoms. The number of hydrogen-bond acceptors (Lipinski definition) is 4. The summed E-state index contributed by atoms with van der Waals surface area (Å²) in [5.74, 6) is 0.637. The number of nitrogens with zero attached hydrogens (tertiary/aromatic N) is 2. The van der Waals surface area contributed by atoms with Crippen LogP contribution in [0, 0.1) is 5.92 Å². The standard InChI is InChI=1S/C10H14BrN3O.ClH/c11-9-5-13-10(14-6-9)15-7-8-1-3-12-4-2-8;/h5-6,8,12H,1-4,7H2;1H. The molecule has 2 heterocycles. The molecule has 0 aromatic carbocycles. The zero-order valence-electron chi connectivity index (χ0n) is 8.86. The average molecular weight is 309 g/mol. The summed E-state index contributed by atoms with van der Waals surface area (Å²) in [4.78, 5) is 8.13. The minimum Gasteiger partial charge on any atom is -0.463 e. The summed E-state index contributed by atoms with van der Waals surface area (Å²) in [5, 5.41) is 3.33. The van der Waals surface area contributed by atoms with Crippen molar-refractivity contribution in [3.05, 3.63) is 16.9 Å². The highest BCUT2D eigenvalue weighted by Crippen LogP contribution is 2.14. The van der Waals surface area contributed by atoms with Gasteiger partial charge in [0.15, 0.2) is 0 Å². The predicted octanol–water partition coefficient (Wildman–Crippen LogP) is 2.04. The predicted molar refractivity (Wildman–Crippen MR) is 68.1 cm³/mol. The zero-order chi connectivity index (χ0) is 10.5. The molecule has 2 rings (SSSR count). The van der Waals surface area contributed by atoms with Gasteiger partial charge in [-0.15, -0.1) is 12.4 Å². The zero-order valence-corrected chi connectivity index (χ0v) is 11.3. The topological polar surface area (TPSA) is 47.0 Å². The monoisotopic (exact) mass is 307 g/mol. The number of nitrogens with one attached hydrogen (secondary N) is 1. The van der Waals surface area contributed by atoms with Crippen LogP contribution in [0.25, 0.3) is 0 Å². The van der Waals surface area contributed by atoms with E-state index in [1.165, 1.54) is 12.8 Å². The van der Waals surface area contributed by atoms with E-state index in [0.29, 0.717) is 11.9 Å². The highest BCUT2D eigenvalue weighted by molar-refractivity contribution is 9.10. The molecule has 1 aliphatic rings. The van der Waals surface area contributed by atoms with Crippen LogP contribution in [-0.2, 0) is 0 Å². The van der Waals surface area contributed by atoms with Crippen LogP contribution in [0.4, 0.5) is 0 Å². The molecule has 1 saturated heterocycles. The molecule has 0 aliphatic carbocycles. The third-order valence-electron chi connectivity index (χ3n) is 2.50. The van der Waals surface area contributed by atoms with E-state index in [1.54, 1.807) is 12.4 Å². The Balaban J connectivity index is 0.00000128. The van der Waals surface area contributed by atoms with Gasteiger partial charge >= 0.3 is 6.01 Å². The molecule has 0 atom stereocenters. The highest BCUT2D eigenvalue weighted by atomic mass is 79.9. The first kappa shape index (κ1) is 13.7. The second kappa shape index (κ2) is 7.04. The third-order valence-corrected chi connectivity index (χ3v) is 2.91. The van der Waals surface area contributed by atoms with Gasteiger partial charge in [-0.05, 0) is 47.8 Å². The van der Waals surface area contributed by atoms with Gasteiger partial charge in [0.05, 0.1) is 11.1 Å². The molecule has 0 amide bonds. The molecule has 1 aromatic rings. The maximum absolute atomic E-state index is 5.53. The molecule has 0 saturated carbocycles. The van der Waals surface area contributed by atoms with Crippen LogP contribution in [0.5, 0.6) is 6.01 Å². The second-order valence-corrected chi connectivity index (χ2v) is 4.60. The van der Waals surface area contributed by atoms with Gasteiger partial charge in [-0.1, -0.05) is 0 Å². The molecule has 1 aliphatic heterocycles. The van der Waals surface area contributed by atoms with E-state index in [2.05, 4.69) is 31.2 Å². The van der Waals surface area contributed by atoms with E-state index >= 15 is 0 Å². The normalized spacial score (nSPS) is 16.6. The fourth-order valence-electron chi connectivity index (χ4n) is 1.62. The summed E-state index contributed by atoms with van der Waals surface area (Å²) in [7, 11) is 0. The number of aromatic nitrogens is 2. The van der Waals surface area contributed by atoms with Gasteiger partial charge in [-0.25, -0.2) is 9.97 Å². The molecule has 0 unspecified atom stereocenters. The Morgan fingerprint density at radius 3 is 2.56 bits per heavy atom. The quantitative estimate of drug-likeness (QED) is 0.928. The Hall–Kier alpha value is -0.390. The number of hydrogen-bond donors (Lipinski definition) is 1. The van der Waals surface area contributed by atoms with E-state index in [4.69, 9.17) is 4.74 Å². The van der Waals surface area contributed by atoms with Crippen LogP contribution in [0.3, 0.4) is 0 Å². The summed E-state index contributed by atoms with van der Waals surface area (Å²) < 4.78 is 6.40. The molecule has 1 aromatic heterocycles. The molecule has 0 spiro atoms. The van der Waals surface area contributed by atoms with E-state index in [9.17, 15) is 0 Å². The Morgan fingerprint density at radius 1 is 1.31 bits per heavy atom. The molecule has 1 fully saturated rings. The van der Waals surface area contributed by atoms with Gasteiger partial charge in [0.2, 0.25) is 0 Å². The number of rotatable bonds is 3. The summed E-state index contributed by atoms with van der Waals surface area (Å²) in [5.41, 5.74) is 0. The molecule has 16 heavy (non-hydrogen) atoms. The molecular weight excluding hydrogens is 293 g/mol. The van der Waals surface area contributed by atoms with Gasteiger partial charge in [-0.3, -0.25) is 0 Å². The van der Waals surface area contributed by atoms with Crippen molar-refractivity contribution in [2.75, 3.05) is 19.7 Å².